The van der Waals surface area contributed by atoms with Gasteiger partial charge in [0.15, 0.2) is 0 Å². The number of aromatic nitrogens is 1. The molecular weight excluding hydrogens is 280 g/mol. The van der Waals surface area contributed by atoms with Gasteiger partial charge >= 0.3 is 0 Å². The Morgan fingerprint density at radius 3 is 2.38 bits per heavy atom. The molecule has 0 N–H and O–H groups in total. The summed E-state index contributed by atoms with van der Waals surface area (Å²) in [7, 11) is 4.04. The monoisotopic (exact) mass is 296 g/mol. The molecule has 0 aliphatic rings. The van der Waals surface area contributed by atoms with Crippen LogP contribution in [-0.4, -0.2) is 19.1 Å². The van der Waals surface area contributed by atoms with Crippen molar-refractivity contribution in [3.05, 3.63) is 59.1 Å². The Bertz CT molecular complexity index is 795. The lowest BCUT2D eigenvalue weighted by atomic mass is 10.0. The largest absolute Gasteiger partial charge is 0.378 e. The van der Waals surface area contributed by atoms with Gasteiger partial charge < -0.3 is 4.90 Å². The number of benzene rings is 2. The molecule has 0 saturated carbocycles. The minimum absolute atomic E-state index is 0.780. The molecular formula is C18H17ClN2. The fraction of sp³-hybridized carbons (Fsp3) is 0.167. The SMILES string of the molecule is Cc1c(-c2ccccc2)nc2ccc(N(C)C)cc2c1Cl. The van der Waals surface area contributed by atoms with Crippen molar-refractivity contribution in [1.82, 2.24) is 4.98 Å². The van der Waals surface area contributed by atoms with E-state index in [1.165, 1.54) is 0 Å². The Balaban J connectivity index is 2.27. The summed E-state index contributed by atoms with van der Waals surface area (Å²) in [5.41, 5.74) is 5.11. The van der Waals surface area contributed by atoms with Crippen LogP contribution in [0.5, 0.6) is 0 Å². The van der Waals surface area contributed by atoms with Crippen LogP contribution < -0.4 is 4.90 Å². The molecule has 2 nitrogen and oxygen atoms in total. The van der Waals surface area contributed by atoms with Crippen LogP contribution >= 0.6 is 11.6 Å². The number of pyridine rings is 1. The Kier molecular flexibility index (Phi) is 3.56. The Morgan fingerprint density at radius 2 is 1.71 bits per heavy atom. The minimum Gasteiger partial charge on any atom is -0.378 e. The maximum Gasteiger partial charge on any atom is 0.0753 e. The highest BCUT2D eigenvalue weighted by Gasteiger charge is 2.12. The minimum atomic E-state index is 0.780. The van der Waals surface area contributed by atoms with Crippen molar-refractivity contribution in [1.29, 1.82) is 0 Å². The van der Waals surface area contributed by atoms with E-state index in [1.807, 2.05) is 45.3 Å². The summed E-state index contributed by atoms with van der Waals surface area (Å²) < 4.78 is 0. The Hall–Kier alpha value is -2.06. The third-order valence-electron chi connectivity index (χ3n) is 3.70. The van der Waals surface area contributed by atoms with Crippen molar-refractivity contribution in [3.63, 3.8) is 0 Å². The van der Waals surface area contributed by atoms with E-state index >= 15 is 0 Å². The maximum atomic E-state index is 6.60. The summed E-state index contributed by atoms with van der Waals surface area (Å²) in [6.07, 6.45) is 0. The maximum absolute atomic E-state index is 6.60. The molecule has 2 aromatic carbocycles. The van der Waals surface area contributed by atoms with E-state index in [1.54, 1.807) is 0 Å². The lowest BCUT2D eigenvalue weighted by Gasteiger charge is -2.15. The van der Waals surface area contributed by atoms with Crippen molar-refractivity contribution in [2.75, 3.05) is 19.0 Å². The van der Waals surface area contributed by atoms with Gasteiger partial charge in [-0.05, 0) is 30.7 Å². The third-order valence-corrected chi connectivity index (χ3v) is 4.18. The van der Waals surface area contributed by atoms with E-state index in [4.69, 9.17) is 16.6 Å². The third kappa shape index (κ3) is 2.47. The van der Waals surface area contributed by atoms with E-state index in [0.717, 1.165) is 38.4 Å². The number of halogens is 1. The van der Waals surface area contributed by atoms with Gasteiger partial charge in [0.05, 0.1) is 16.2 Å². The predicted molar refractivity (Wildman–Crippen MR) is 91.3 cm³/mol. The second-order valence-corrected chi connectivity index (χ2v) is 5.74. The van der Waals surface area contributed by atoms with Gasteiger partial charge in [0.1, 0.15) is 0 Å². The number of rotatable bonds is 2. The zero-order valence-corrected chi connectivity index (χ0v) is 13.1. The topological polar surface area (TPSA) is 16.1 Å². The molecule has 0 fully saturated rings. The van der Waals surface area contributed by atoms with Crippen LogP contribution in [0, 0.1) is 6.92 Å². The molecule has 1 heterocycles. The van der Waals surface area contributed by atoms with Crippen LogP contribution in [-0.2, 0) is 0 Å². The first-order valence-corrected chi connectivity index (χ1v) is 7.28. The molecule has 0 unspecified atom stereocenters. The van der Waals surface area contributed by atoms with Crippen molar-refractivity contribution in [2.45, 2.75) is 6.92 Å². The van der Waals surface area contributed by atoms with Crippen molar-refractivity contribution >= 4 is 28.2 Å². The second-order valence-electron chi connectivity index (χ2n) is 5.36. The molecule has 3 heteroatoms. The summed E-state index contributed by atoms with van der Waals surface area (Å²) in [6.45, 7) is 2.03. The quantitative estimate of drug-likeness (QED) is 0.666. The van der Waals surface area contributed by atoms with E-state index < -0.39 is 0 Å². The summed E-state index contributed by atoms with van der Waals surface area (Å²) in [5.74, 6) is 0. The first kappa shape index (κ1) is 13.9. The number of hydrogen-bond acceptors (Lipinski definition) is 2. The van der Waals surface area contributed by atoms with Gasteiger partial charge in [0, 0.05) is 30.7 Å². The van der Waals surface area contributed by atoms with E-state index in [0.29, 0.717) is 0 Å². The summed E-state index contributed by atoms with van der Waals surface area (Å²) in [4.78, 5) is 6.87. The van der Waals surface area contributed by atoms with Crippen molar-refractivity contribution in [2.24, 2.45) is 0 Å². The second kappa shape index (κ2) is 5.38. The van der Waals surface area contributed by atoms with Crippen LogP contribution in [0.3, 0.4) is 0 Å². The molecule has 1 aromatic heterocycles. The number of hydrogen-bond donors (Lipinski definition) is 0. The average molecular weight is 297 g/mol. The van der Waals surface area contributed by atoms with Crippen molar-refractivity contribution in [3.8, 4) is 11.3 Å². The molecule has 106 valence electrons. The van der Waals surface area contributed by atoms with Gasteiger partial charge in [0.2, 0.25) is 0 Å². The van der Waals surface area contributed by atoms with Gasteiger partial charge in [-0.25, -0.2) is 4.98 Å². The van der Waals surface area contributed by atoms with E-state index in [-0.39, 0.29) is 0 Å². The number of fused-ring (bicyclic) bond motifs is 1. The molecule has 3 aromatic rings. The fourth-order valence-corrected chi connectivity index (χ4v) is 2.70. The van der Waals surface area contributed by atoms with Crippen molar-refractivity contribution < 1.29 is 0 Å². The summed E-state index contributed by atoms with van der Waals surface area (Å²) in [6, 6.07) is 16.3. The van der Waals surface area contributed by atoms with Gasteiger partial charge in [-0.2, -0.15) is 0 Å². The lowest BCUT2D eigenvalue weighted by molar-refractivity contribution is 1.13. The smallest absolute Gasteiger partial charge is 0.0753 e. The predicted octanol–water partition coefficient (Wildman–Crippen LogP) is 4.93. The van der Waals surface area contributed by atoms with E-state index in [2.05, 4.69) is 29.2 Å². The molecule has 0 aliphatic carbocycles. The van der Waals surface area contributed by atoms with Crippen LogP contribution in [0.25, 0.3) is 22.2 Å². The zero-order chi connectivity index (χ0) is 15.0. The van der Waals surface area contributed by atoms with Gasteiger partial charge in [0.25, 0.3) is 0 Å². The normalized spacial score (nSPS) is 10.9. The molecule has 21 heavy (non-hydrogen) atoms. The Morgan fingerprint density at radius 1 is 1.00 bits per heavy atom. The highest BCUT2D eigenvalue weighted by Crippen LogP contribution is 2.34. The standard InChI is InChI=1S/C18H17ClN2/c1-12-17(19)15-11-14(21(2)3)9-10-16(15)20-18(12)13-7-5-4-6-8-13/h4-11H,1-3H3. The molecule has 3 rings (SSSR count). The average Bonchev–Trinajstić information content (AvgIpc) is 2.51. The molecule has 0 radical (unpaired) electrons. The number of anilines is 1. The molecule has 0 amide bonds. The summed E-state index contributed by atoms with van der Waals surface area (Å²) in [5, 5.41) is 1.78. The van der Waals surface area contributed by atoms with Gasteiger partial charge in [-0.15, -0.1) is 0 Å². The number of nitrogens with zero attached hydrogens (tertiary/aromatic N) is 2. The van der Waals surface area contributed by atoms with Crippen LogP contribution in [0.2, 0.25) is 5.02 Å². The molecule has 0 atom stereocenters. The highest BCUT2D eigenvalue weighted by molar-refractivity contribution is 6.36. The highest BCUT2D eigenvalue weighted by atomic mass is 35.5. The fourth-order valence-electron chi connectivity index (χ4n) is 2.46. The zero-order valence-electron chi connectivity index (χ0n) is 12.4. The van der Waals surface area contributed by atoms with Crippen LogP contribution in [0.15, 0.2) is 48.5 Å². The summed E-state index contributed by atoms with van der Waals surface area (Å²) >= 11 is 6.60. The van der Waals surface area contributed by atoms with Crippen LogP contribution in [0.4, 0.5) is 5.69 Å². The Labute approximate surface area is 130 Å². The molecule has 0 saturated heterocycles. The van der Waals surface area contributed by atoms with Gasteiger partial charge in [-0.3, -0.25) is 0 Å². The molecule has 0 spiro atoms. The van der Waals surface area contributed by atoms with Gasteiger partial charge in [-0.1, -0.05) is 41.9 Å². The van der Waals surface area contributed by atoms with E-state index in [9.17, 15) is 0 Å². The lowest BCUT2D eigenvalue weighted by Crippen LogP contribution is -2.08. The molecule has 0 bridgehead atoms. The first-order valence-electron chi connectivity index (χ1n) is 6.90. The van der Waals surface area contributed by atoms with Crippen LogP contribution in [0.1, 0.15) is 5.56 Å². The first-order chi connectivity index (χ1) is 10.1. The molecule has 0 aliphatic heterocycles.